The van der Waals surface area contributed by atoms with Gasteiger partial charge in [-0.05, 0) is 21.7 Å². The molecular formula is C3ClN3OS2. The number of hydrogen-bond donors (Lipinski definition) is 0. The van der Waals surface area contributed by atoms with Crippen molar-refractivity contribution in [2.45, 2.75) is 4.87 Å². The first-order chi connectivity index (χ1) is 4.72. The Morgan fingerprint density at radius 3 is 2.70 bits per heavy atom. The van der Waals surface area contributed by atoms with Gasteiger partial charge < -0.3 is 0 Å². The molecule has 0 aliphatic carbocycles. The normalized spacial score (nSPS) is 35.1. The van der Waals surface area contributed by atoms with Crippen molar-refractivity contribution in [3.63, 3.8) is 0 Å². The maximum atomic E-state index is 10.9. The van der Waals surface area contributed by atoms with Crippen LogP contribution in [0.4, 0.5) is 0 Å². The van der Waals surface area contributed by atoms with Gasteiger partial charge in [-0.15, -0.1) is 5.11 Å². The van der Waals surface area contributed by atoms with Gasteiger partial charge in [0, 0.05) is 0 Å². The highest BCUT2D eigenvalue weighted by Gasteiger charge is 2.65. The molecule has 3 aliphatic rings. The van der Waals surface area contributed by atoms with Crippen LogP contribution in [-0.2, 0) is 4.79 Å². The number of carbonyl (C=O) groups is 1. The molecule has 3 rings (SSSR count). The van der Waals surface area contributed by atoms with Crippen molar-refractivity contribution in [1.29, 1.82) is 0 Å². The third kappa shape index (κ3) is 0.435. The molecule has 1 atom stereocenters. The van der Waals surface area contributed by atoms with E-state index < -0.39 is 4.87 Å². The summed E-state index contributed by atoms with van der Waals surface area (Å²) in [6, 6.07) is 0. The minimum Gasteiger partial charge on any atom is -0.268 e. The average Bonchev–Trinajstić information content (AvgIpc) is 2.45. The Morgan fingerprint density at radius 1 is 1.80 bits per heavy atom. The molecule has 0 radical (unpaired) electrons. The van der Waals surface area contributed by atoms with Gasteiger partial charge in [-0.1, -0.05) is 17.4 Å². The van der Waals surface area contributed by atoms with Crippen LogP contribution in [-0.4, -0.2) is 20.8 Å². The fourth-order valence-electron chi connectivity index (χ4n) is 0.774. The zero-order valence-electron chi connectivity index (χ0n) is 4.44. The molecule has 7 heteroatoms. The molecular weight excluding hydrogens is 194 g/mol. The summed E-state index contributed by atoms with van der Waals surface area (Å²) < 4.78 is 0. The van der Waals surface area contributed by atoms with E-state index in [2.05, 4.69) is 10.3 Å². The highest BCUT2D eigenvalue weighted by molar-refractivity contribution is 8.23. The summed E-state index contributed by atoms with van der Waals surface area (Å²) in [5.74, 6) is -0.238. The molecule has 1 amide bonds. The fraction of sp³-hybridized carbons (Fsp3) is 0.333. The lowest BCUT2D eigenvalue weighted by Gasteiger charge is -2.30. The number of β-lactam (4-membered cyclic amide) rings is 1. The van der Waals surface area contributed by atoms with E-state index in [1.54, 1.807) is 0 Å². The zero-order valence-corrected chi connectivity index (χ0v) is 6.83. The molecule has 0 saturated carbocycles. The molecule has 0 aromatic carbocycles. The second kappa shape index (κ2) is 1.69. The van der Waals surface area contributed by atoms with Crippen LogP contribution in [0.2, 0.25) is 0 Å². The Kier molecular flexibility index (Phi) is 1.10. The van der Waals surface area contributed by atoms with Gasteiger partial charge in [0.2, 0.25) is 0 Å². The Labute approximate surface area is 70.1 Å². The van der Waals surface area contributed by atoms with E-state index in [9.17, 15) is 4.79 Å². The van der Waals surface area contributed by atoms with Crippen molar-refractivity contribution < 1.29 is 4.79 Å². The number of carbonyl (C=O) groups excluding carboxylic acids is 1. The zero-order chi connectivity index (χ0) is 7.35. The minimum atomic E-state index is -1.04. The van der Waals surface area contributed by atoms with E-state index in [1.165, 1.54) is 0 Å². The topological polar surface area (TPSA) is 45.0 Å². The molecule has 1 unspecified atom stereocenters. The summed E-state index contributed by atoms with van der Waals surface area (Å²) in [5.41, 5.74) is 0. The monoisotopic (exact) mass is 193 g/mol. The average molecular weight is 194 g/mol. The lowest BCUT2D eigenvalue weighted by molar-refractivity contribution is -0.129. The molecule has 52 valence electrons. The summed E-state index contributed by atoms with van der Waals surface area (Å²) in [6.45, 7) is 0. The third-order valence-corrected chi connectivity index (χ3v) is 3.29. The van der Waals surface area contributed by atoms with Crippen molar-refractivity contribution in [3.8, 4) is 0 Å². The molecule has 1 saturated heterocycles. The highest BCUT2D eigenvalue weighted by Crippen LogP contribution is 2.47. The van der Waals surface area contributed by atoms with Crippen molar-refractivity contribution >= 4 is 44.8 Å². The number of rotatable bonds is 1. The maximum Gasteiger partial charge on any atom is 0.298 e. The van der Waals surface area contributed by atoms with Gasteiger partial charge in [0.25, 0.3) is 10.8 Å². The van der Waals surface area contributed by atoms with E-state index in [1.807, 2.05) is 0 Å². The van der Waals surface area contributed by atoms with Crippen LogP contribution in [0.15, 0.2) is 10.3 Å². The van der Waals surface area contributed by atoms with Crippen LogP contribution in [0.5, 0.6) is 0 Å². The Bertz CT molecular complexity index is 248. The summed E-state index contributed by atoms with van der Waals surface area (Å²) in [5, 5.41) is 8.17. The summed E-state index contributed by atoms with van der Waals surface area (Å²) >= 11 is 4.79. The first-order valence-corrected chi connectivity index (χ1v) is 4.39. The molecule has 3 heterocycles. The predicted molar refractivity (Wildman–Crippen MR) is 40.5 cm³/mol. The molecule has 0 aromatic rings. The van der Waals surface area contributed by atoms with E-state index in [0.29, 0.717) is 4.99 Å². The SMILES string of the molecule is O=C1N2N=NC1(SCl)C2=S. The summed E-state index contributed by atoms with van der Waals surface area (Å²) in [7, 11) is 6.20. The van der Waals surface area contributed by atoms with Crippen LogP contribution in [0, 0.1) is 0 Å². The van der Waals surface area contributed by atoms with Gasteiger partial charge in [-0.2, -0.15) is 5.01 Å². The standard InChI is InChI=1S/C3ClN3OS2/c4-10-3-1(8)7(2(3)9)6-5-3. The first kappa shape index (κ1) is 6.51. The van der Waals surface area contributed by atoms with Crippen LogP contribution in [0.3, 0.4) is 0 Å². The van der Waals surface area contributed by atoms with Gasteiger partial charge in [-0.3, -0.25) is 4.79 Å². The van der Waals surface area contributed by atoms with E-state index in [4.69, 9.17) is 22.9 Å². The number of amides is 1. The van der Waals surface area contributed by atoms with Crippen LogP contribution in [0.25, 0.3) is 0 Å². The maximum absolute atomic E-state index is 10.9. The number of nitrogens with zero attached hydrogens (tertiary/aromatic N) is 3. The first-order valence-electron chi connectivity index (χ1n) is 2.34. The van der Waals surface area contributed by atoms with Gasteiger partial charge in [0.05, 0.1) is 0 Å². The van der Waals surface area contributed by atoms with Crippen molar-refractivity contribution in [3.05, 3.63) is 0 Å². The predicted octanol–water partition coefficient (Wildman–Crippen LogP) is 1.12. The fourth-order valence-corrected chi connectivity index (χ4v) is 2.17. The molecule has 1 fully saturated rings. The quantitative estimate of drug-likeness (QED) is 0.463. The number of hydrogen-bond acceptors (Lipinski definition) is 5. The Morgan fingerprint density at radius 2 is 2.50 bits per heavy atom. The Hall–Kier alpha value is -0.200. The van der Waals surface area contributed by atoms with Crippen LogP contribution in [0.1, 0.15) is 0 Å². The lowest BCUT2D eigenvalue weighted by atomic mass is 10.1. The van der Waals surface area contributed by atoms with E-state index in [-0.39, 0.29) is 5.91 Å². The molecule has 0 N–H and O–H groups in total. The summed E-state index contributed by atoms with van der Waals surface area (Å²) in [4.78, 5) is 10.3. The van der Waals surface area contributed by atoms with Crippen molar-refractivity contribution in [1.82, 2.24) is 5.01 Å². The molecule has 0 aromatic heterocycles. The number of thiocarbonyl (C=S) groups is 1. The molecule has 4 nitrogen and oxygen atoms in total. The second-order valence-corrected chi connectivity index (χ2v) is 3.43. The van der Waals surface area contributed by atoms with Crippen LogP contribution < -0.4 is 0 Å². The molecule has 0 spiro atoms. The number of halogens is 1. The third-order valence-electron chi connectivity index (χ3n) is 1.35. The van der Waals surface area contributed by atoms with E-state index in [0.717, 1.165) is 16.0 Å². The van der Waals surface area contributed by atoms with Crippen molar-refractivity contribution in [2.24, 2.45) is 10.3 Å². The van der Waals surface area contributed by atoms with Gasteiger partial charge >= 0.3 is 0 Å². The largest absolute Gasteiger partial charge is 0.298 e. The highest BCUT2D eigenvalue weighted by atomic mass is 35.7. The minimum absolute atomic E-state index is 0.238. The molecule has 3 aliphatic heterocycles. The van der Waals surface area contributed by atoms with Crippen LogP contribution >= 0.6 is 33.9 Å². The van der Waals surface area contributed by atoms with Crippen molar-refractivity contribution in [2.75, 3.05) is 0 Å². The molecule has 2 bridgehead atoms. The summed E-state index contributed by atoms with van der Waals surface area (Å²) in [6.07, 6.45) is 0. The van der Waals surface area contributed by atoms with Gasteiger partial charge in [0.1, 0.15) is 0 Å². The molecule has 10 heavy (non-hydrogen) atoms. The lowest BCUT2D eigenvalue weighted by Crippen LogP contribution is -2.60. The van der Waals surface area contributed by atoms with Gasteiger partial charge in [0.15, 0.2) is 4.99 Å². The smallest absolute Gasteiger partial charge is 0.268 e. The van der Waals surface area contributed by atoms with Gasteiger partial charge in [-0.25, -0.2) is 0 Å². The Balaban J connectivity index is 2.46. The second-order valence-electron chi connectivity index (χ2n) is 1.83. The van der Waals surface area contributed by atoms with E-state index >= 15 is 0 Å².